The molecule has 0 fully saturated rings. The average Bonchev–Trinajstić information content (AvgIpc) is 3.40. The summed E-state index contributed by atoms with van der Waals surface area (Å²) >= 11 is 0. The molecule has 0 aliphatic carbocycles. The number of aryl methyl sites for hydroxylation is 2. The molecule has 0 saturated carbocycles. The molecule has 0 unspecified atom stereocenters. The molecule has 3 aromatic carbocycles. The fraction of sp³-hybridized carbons (Fsp3) is 0.125. The first kappa shape index (κ1) is 18.1. The predicted molar refractivity (Wildman–Crippen MR) is 117 cm³/mol. The Morgan fingerprint density at radius 1 is 0.900 bits per heavy atom. The van der Waals surface area contributed by atoms with E-state index in [1.807, 2.05) is 12.1 Å². The van der Waals surface area contributed by atoms with Crippen molar-refractivity contribution < 1.29 is 4.74 Å². The van der Waals surface area contributed by atoms with Crippen LogP contribution >= 0.6 is 0 Å². The Kier molecular flexibility index (Phi) is 4.52. The van der Waals surface area contributed by atoms with E-state index in [4.69, 9.17) is 4.74 Å². The van der Waals surface area contributed by atoms with Crippen LogP contribution in [0.4, 0.5) is 0 Å². The summed E-state index contributed by atoms with van der Waals surface area (Å²) in [7, 11) is 2.14. The van der Waals surface area contributed by atoms with Crippen LogP contribution in [0.5, 0.6) is 5.75 Å². The summed E-state index contributed by atoms with van der Waals surface area (Å²) in [6, 6.07) is 25.2. The Bertz CT molecular complexity index is 1290. The van der Waals surface area contributed by atoms with Crippen molar-refractivity contribution in [3.05, 3.63) is 84.2 Å². The van der Waals surface area contributed by atoms with Gasteiger partial charge in [-0.15, -0.1) is 5.10 Å². The van der Waals surface area contributed by atoms with E-state index in [9.17, 15) is 0 Å². The quantitative estimate of drug-likeness (QED) is 0.459. The Morgan fingerprint density at radius 2 is 1.70 bits per heavy atom. The minimum absolute atomic E-state index is 0.306. The molecular weight excluding hydrogens is 374 g/mol. The molecule has 6 heteroatoms. The first-order valence-electron chi connectivity index (χ1n) is 9.81. The summed E-state index contributed by atoms with van der Waals surface area (Å²) in [6.45, 7) is 2.51. The van der Waals surface area contributed by atoms with Crippen LogP contribution in [0.15, 0.2) is 72.8 Å². The van der Waals surface area contributed by atoms with Gasteiger partial charge in [0, 0.05) is 18.0 Å². The molecule has 0 bridgehead atoms. The van der Waals surface area contributed by atoms with E-state index >= 15 is 0 Å². The van der Waals surface area contributed by atoms with Crippen LogP contribution < -0.4 is 4.74 Å². The maximum Gasteiger partial charge on any atom is 0.186 e. The highest BCUT2D eigenvalue weighted by Crippen LogP contribution is 2.38. The van der Waals surface area contributed by atoms with Crippen molar-refractivity contribution >= 4 is 10.9 Å². The van der Waals surface area contributed by atoms with Crippen molar-refractivity contribution in [2.75, 3.05) is 0 Å². The van der Waals surface area contributed by atoms with Gasteiger partial charge < -0.3 is 9.30 Å². The molecule has 0 atom stereocenters. The van der Waals surface area contributed by atoms with Crippen LogP contribution in [-0.4, -0.2) is 25.2 Å². The Labute approximate surface area is 174 Å². The zero-order valence-electron chi connectivity index (χ0n) is 16.8. The fourth-order valence-corrected chi connectivity index (χ4v) is 4.07. The van der Waals surface area contributed by atoms with Gasteiger partial charge in [-0.2, -0.15) is 0 Å². The van der Waals surface area contributed by atoms with Gasteiger partial charge in [-0.1, -0.05) is 54.6 Å². The summed E-state index contributed by atoms with van der Waals surface area (Å²) in [4.78, 5) is 0. The minimum atomic E-state index is 0.306. The summed E-state index contributed by atoms with van der Waals surface area (Å²) in [5.74, 6) is 1.37. The predicted octanol–water partition coefficient (Wildman–Crippen LogP) is 4.91. The number of fused-ring (bicyclic) bond motifs is 1. The molecule has 0 aliphatic heterocycles. The second-order valence-corrected chi connectivity index (χ2v) is 7.26. The maximum absolute atomic E-state index is 5.76. The highest BCUT2D eigenvalue weighted by molar-refractivity contribution is 6.02. The van der Waals surface area contributed by atoms with Gasteiger partial charge in [-0.3, -0.25) is 0 Å². The van der Waals surface area contributed by atoms with Crippen molar-refractivity contribution in [2.45, 2.75) is 13.5 Å². The van der Waals surface area contributed by atoms with Crippen LogP contribution in [0, 0.1) is 6.92 Å². The second-order valence-electron chi connectivity index (χ2n) is 7.26. The van der Waals surface area contributed by atoms with Crippen LogP contribution in [-0.2, 0) is 13.7 Å². The lowest BCUT2D eigenvalue weighted by molar-refractivity contribution is 0.296. The van der Waals surface area contributed by atoms with Crippen molar-refractivity contribution in [3.63, 3.8) is 0 Å². The van der Waals surface area contributed by atoms with E-state index in [0.29, 0.717) is 12.4 Å². The van der Waals surface area contributed by atoms with Gasteiger partial charge in [-0.25, -0.2) is 5.10 Å². The van der Waals surface area contributed by atoms with Crippen LogP contribution in [0.3, 0.4) is 0 Å². The highest BCUT2D eigenvalue weighted by atomic mass is 16.5. The van der Waals surface area contributed by atoms with Gasteiger partial charge in [0.2, 0.25) is 0 Å². The topological polar surface area (TPSA) is 68.6 Å². The van der Waals surface area contributed by atoms with E-state index in [1.54, 1.807) is 0 Å². The number of hydrogen-bond acceptors (Lipinski definition) is 4. The molecule has 1 N–H and O–H groups in total. The number of tetrazole rings is 1. The molecule has 0 radical (unpaired) electrons. The third-order valence-corrected chi connectivity index (χ3v) is 5.45. The molecule has 0 amide bonds. The highest BCUT2D eigenvalue weighted by Gasteiger charge is 2.16. The van der Waals surface area contributed by atoms with Crippen molar-refractivity contribution in [1.82, 2.24) is 25.2 Å². The first-order chi connectivity index (χ1) is 14.7. The van der Waals surface area contributed by atoms with Crippen molar-refractivity contribution in [2.24, 2.45) is 7.05 Å². The lowest BCUT2D eigenvalue weighted by Crippen LogP contribution is -1.97. The Balaban J connectivity index is 1.53. The largest absolute Gasteiger partial charge is 0.486 e. The molecule has 30 heavy (non-hydrogen) atoms. The average molecular weight is 395 g/mol. The van der Waals surface area contributed by atoms with Crippen molar-refractivity contribution in [3.8, 4) is 28.1 Å². The zero-order chi connectivity index (χ0) is 20.5. The fourth-order valence-electron chi connectivity index (χ4n) is 4.07. The molecule has 148 valence electrons. The van der Waals surface area contributed by atoms with E-state index in [-0.39, 0.29) is 0 Å². The number of benzene rings is 3. The number of H-pyrrole nitrogens is 1. The SMILES string of the molecule is Cc1c(-c2ccccc2)n(C)c2cccc(-c3ccc(OCc4nnn[nH]4)cc3)c12. The molecule has 0 spiro atoms. The monoisotopic (exact) mass is 395 g/mol. The minimum Gasteiger partial charge on any atom is -0.486 e. The second kappa shape index (κ2) is 7.48. The van der Waals surface area contributed by atoms with Crippen LogP contribution in [0.1, 0.15) is 11.4 Å². The first-order valence-corrected chi connectivity index (χ1v) is 9.81. The number of nitrogens with one attached hydrogen (secondary N) is 1. The lowest BCUT2D eigenvalue weighted by Gasteiger charge is -2.08. The van der Waals surface area contributed by atoms with Gasteiger partial charge in [-0.05, 0) is 57.8 Å². The number of aromatic nitrogens is 5. The third kappa shape index (κ3) is 3.12. The van der Waals surface area contributed by atoms with Gasteiger partial charge in [0.05, 0.1) is 5.69 Å². The molecule has 6 nitrogen and oxygen atoms in total. The smallest absolute Gasteiger partial charge is 0.186 e. The zero-order valence-corrected chi connectivity index (χ0v) is 16.8. The lowest BCUT2D eigenvalue weighted by atomic mass is 9.98. The number of ether oxygens (including phenoxy) is 1. The van der Waals surface area contributed by atoms with Gasteiger partial charge in [0.1, 0.15) is 12.4 Å². The summed E-state index contributed by atoms with van der Waals surface area (Å²) < 4.78 is 8.04. The molecular formula is C24H21N5O. The standard InChI is InChI=1S/C24H21N5O/c1-16-23-20(17-11-13-19(14-12-17)30-15-22-25-27-28-26-22)9-6-10-21(23)29(2)24(16)18-7-4-3-5-8-18/h3-14H,15H2,1-2H3,(H,25,26,27,28). The summed E-state index contributed by atoms with van der Waals surface area (Å²) in [5, 5.41) is 14.9. The molecule has 5 aromatic rings. The summed E-state index contributed by atoms with van der Waals surface area (Å²) in [5.41, 5.74) is 7.36. The van der Waals surface area contributed by atoms with E-state index in [2.05, 4.69) is 99.8 Å². The molecule has 5 rings (SSSR count). The van der Waals surface area contributed by atoms with Crippen LogP contribution in [0.25, 0.3) is 33.3 Å². The maximum atomic E-state index is 5.76. The number of rotatable bonds is 5. The molecule has 0 saturated heterocycles. The normalized spacial score (nSPS) is 11.1. The number of nitrogens with zero attached hydrogens (tertiary/aromatic N) is 4. The van der Waals surface area contributed by atoms with Gasteiger partial charge >= 0.3 is 0 Å². The summed E-state index contributed by atoms with van der Waals surface area (Å²) in [6.07, 6.45) is 0. The van der Waals surface area contributed by atoms with Gasteiger partial charge in [0.15, 0.2) is 5.82 Å². The van der Waals surface area contributed by atoms with E-state index in [0.717, 1.165) is 11.3 Å². The van der Waals surface area contributed by atoms with Crippen molar-refractivity contribution in [1.29, 1.82) is 0 Å². The van der Waals surface area contributed by atoms with E-state index in [1.165, 1.54) is 33.3 Å². The molecule has 2 aromatic heterocycles. The van der Waals surface area contributed by atoms with Gasteiger partial charge in [0.25, 0.3) is 0 Å². The molecule has 0 aliphatic rings. The third-order valence-electron chi connectivity index (χ3n) is 5.45. The Hall–Kier alpha value is -3.93. The number of aromatic amines is 1. The Morgan fingerprint density at radius 3 is 2.43 bits per heavy atom. The van der Waals surface area contributed by atoms with Crippen LogP contribution in [0.2, 0.25) is 0 Å². The number of hydrogen-bond donors (Lipinski definition) is 1. The molecule has 2 heterocycles. The van der Waals surface area contributed by atoms with E-state index < -0.39 is 0 Å².